The predicted octanol–water partition coefficient (Wildman–Crippen LogP) is 4.22. The standard InChI is InChI=1S/C12H28N2O2Si2/c1-11(13-15-17(3,4)5)9-10-12(2)14-16-18(6,7)8/h9-10H2,1-8H3. The van der Waals surface area contributed by atoms with Gasteiger partial charge in [-0.15, -0.1) is 10.3 Å². The van der Waals surface area contributed by atoms with Crippen molar-refractivity contribution in [1.29, 1.82) is 0 Å². The summed E-state index contributed by atoms with van der Waals surface area (Å²) in [7, 11) is -3.11. The Hall–Kier alpha value is -0.626. The zero-order chi connectivity index (χ0) is 14.4. The van der Waals surface area contributed by atoms with Gasteiger partial charge in [0.05, 0.1) is 11.4 Å². The molecule has 0 amide bonds. The van der Waals surface area contributed by atoms with Crippen molar-refractivity contribution in [2.45, 2.75) is 66.0 Å². The molecule has 0 fully saturated rings. The van der Waals surface area contributed by atoms with Gasteiger partial charge in [0.2, 0.25) is 0 Å². The van der Waals surface area contributed by atoms with Crippen molar-refractivity contribution in [3.05, 3.63) is 0 Å². The summed E-state index contributed by atoms with van der Waals surface area (Å²) >= 11 is 0. The third kappa shape index (κ3) is 11.8. The third-order valence-electron chi connectivity index (χ3n) is 1.80. The molecule has 0 N–H and O–H groups in total. The van der Waals surface area contributed by atoms with Gasteiger partial charge in [0, 0.05) is 0 Å². The summed E-state index contributed by atoms with van der Waals surface area (Å²) in [6.07, 6.45) is 1.74. The predicted molar refractivity (Wildman–Crippen MR) is 84.3 cm³/mol. The van der Waals surface area contributed by atoms with Crippen molar-refractivity contribution in [3.63, 3.8) is 0 Å². The first-order chi connectivity index (χ1) is 7.99. The van der Waals surface area contributed by atoms with Crippen molar-refractivity contribution >= 4 is 28.1 Å². The van der Waals surface area contributed by atoms with Crippen LogP contribution in [0.2, 0.25) is 39.3 Å². The Morgan fingerprint density at radius 1 is 0.722 bits per heavy atom. The Kier molecular flexibility index (Phi) is 6.84. The van der Waals surface area contributed by atoms with Crippen LogP contribution in [0.4, 0.5) is 0 Å². The van der Waals surface area contributed by atoms with Crippen LogP contribution < -0.4 is 0 Å². The van der Waals surface area contributed by atoms with Crippen molar-refractivity contribution in [2.24, 2.45) is 10.3 Å². The first kappa shape index (κ1) is 17.4. The second-order valence-electron chi connectivity index (χ2n) is 6.56. The van der Waals surface area contributed by atoms with Gasteiger partial charge in [-0.2, -0.15) is 0 Å². The minimum atomic E-state index is -1.55. The van der Waals surface area contributed by atoms with Crippen LogP contribution in [0.3, 0.4) is 0 Å². The van der Waals surface area contributed by atoms with Crippen molar-refractivity contribution in [1.82, 2.24) is 0 Å². The molecule has 0 heterocycles. The van der Waals surface area contributed by atoms with Crippen LogP contribution in [0.25, 0.3) is 0 Å². The molecule has 0 spiro atoms. The van der Waals surface area contributed by atoms with Crippen LogP contribution in [0.1, 0.15) is 26.7 Å². The van der Waals surface area contributed by atoms with Crippen LogP contribution >= 0.6 is 0 Å². The fourth-order valence-electron chi connectivity index (χ4n) is 0.883. The van der Waals surface area contributed by atoms with Gasteiger partial charge in [0.15, 0.2) is 0 Å². The summed E-state index contributed by atoms with van der Waals surface area (Å²) in [5, 5.41) is 8.34. The zero-order valence-corrected chi connectivity index (χ0v) is 15.1. The van der Waals surface area contributed by atoms with Crippen LogP contribution in [0, 0.1) is 0 Å². The first-order valence-corrected chi connectivity index (χ1v) is 13.2. The van der Waals surface area contributed by atoms with E-state index in [1.165, 1.54) is 0 Å². The second kappa shape index (κ2) is 7.08. The summed E-state index contributed by atoms with van der Waals surface area (Å²) < 4.78 is 11.0. The van der Waals surface area contributed by atoms with E-state index in [1.807, 2.05) is 13.8 Å². The van der Waals surface area contributed by atoms with Gasteiger partial charge in [0.1, 0.15) is 0 Å². The summed E-state index contributed by atoms with van der Waals surface area (Å²) in [5.74, 6) is 0. The maximum absolute atomic E-state index is 5.50. The number of nitrogens with zero attached hydrogens (tertiary/aromatic N) is 2. The highest BCUT2D eigenvalue weighted by Gasteiger charge is 2.16. The molecule has 18 heavy (non-hydrogen) atoms. The molecule has 0 aliphatic rings. The SMILES string of the molecule is CC(CCC(C)=NO[Si](C)(C)C)=NO[Si](C)(C)C. The molecule has 106 valence electrons. The fraction of sp³-hybridized carbons (Fsp3) is 0.833. The van der Waals surface area contributed by atoms with Crippen molar-refractivity contribution in [2.75, 3.05) is 0 Å². The molecule has 0 saturated carbocycles. The molecule has 0 rings (SSSR count). The molecular weight excluding hydrogens is 260 g/mol. The lowest BCUT2D eigenvalue weighted by atomic mass is 10.2. The number of rotatable bonds is 7. The highest BCUT2D eigenvalue weighted by Crippen LogP contribution is 2.06. The van der Waals surface area contributed by atoms with E-state index < -0.39 is 16.6 Å². The van der Waals surface area contributed by atoms with E-state index in [4.69, 9.17) is 9.05 Å². The molecule has 0 aromatic heterocycles. The molecule has 0 atom stereocenters. The number of hydrogen-bond donors (Lipinski definition) is 0. The average molecular weight is 289 g/mol. The molecule has 0 aromatic carbocycles. The molecule has 0 aromatic rings. The fourth-order valence-corrected chi connectivity index (χ4v) is 1.74. The molecular formula is C12H28N2O2Si2. The molecule has 0 radical (unpaired) electrons. The second-order valence-corrected chi connectivity index (χ2v) is 15.4. The molecule has 6 heteroatoms. The Labute approximate surface area is 114 Å². The van der Waals surface area contributed by atoms with E-state index in [-0.39, 0.29) is 0 Å². The zero-order valence-electron chi connectivity index (χ0n) is 13.1. The summed E-state index contributed by atoms with van der Waals surface area (Å²) in [5.41, 5.74) is 2.03. The van der Waals surface area contributed by atoms with E-state index >= 15 is 0 Å². The topological polar surface area (TPSA) is 43.2 Å². The molecule has 0 aliphatic carbocycles. The summed E-state index contributed by atoms with van der Waals surface area (Å²) in [4.78, 5) is 0. The van der Waals surface area contributed by atoms with Gasteiger partial charge in [-0.05, 0) is 66.0 Å². The highest BCUT2D eigenvalue weighted by molar-refractivity contribution is 6.70. The minimum absolute atomic E-state index is 0.870. The van der Waals surface area contributed by atoms with Crippen LogP contribution in [-0.2, 0) is 9.05 Å². The van der Waals surface area contributed by atoms with Gasteiger partial charge < -0.3 is 9.05 Å². The molecule has 0 saturated heterocycles. The molecule has 0 unspecified atom stereocenters. The molecule has 0 aliphatic heterocycles. The molecule has 4 nitrogen and oxygen atoms in total. The Morgan fingerprint density at radius 3 is 1.22 bits per heavy atom. The van der Waals surface area contributed by atoms with Gasteiger partial charge >= 0.3 is 0 Å². The van der Waals surface area contributed by atoms with Gasteiger partial charge in [-0.25, -0.2) is 0 Å². The molecule has 0 bridgehead atoms. The Morgan fingerprint density at radius 2 is 1.00 bits per heavy atom. The maximum atomic E-state index is 5.50. The van der Waals surface area contributed by atoms with Gasteiger partial charge in [-0.1, -0.05) is 0 Å². The largest absolute Gasteiger partial charge is 0.456 e. The maximum Gasteiger partial charge on any atom is 0.278 e. The number of hydrogen-bond acceptors (Lipinski definition) is 4. The highest BCUT2D eigenvalue weighted by atomic mass is 28.4. The van der Waals surface area contributed by atoms with Crippen LogP contribution in [0.5, 0.6) is 0 Å². The van der Waals surface area contributed by atoms with E-state index in [1.54, 1.807) is 0 Å². The third-order valence-corrected chi connectivity index (χ3v) is 3.08. The lowest BCUT2D eigenvalue weighted by Crippen LogP contribution is -2.23. The quantitative estimate of drug-likeness (QED) is 0.400. The minimum Gasteiger partial charge on any atom is -0.456 e. The van der Waals surface area contributed by atoms with Crippen molar-refractivity contribution < 1.29 is 9.05 Å². The van der Waals surface area contributed by atoms with E-state index in [2.05, 4.69) is 49.6 Å². The Bertz CT molecular complexity index is 283. The van der Waals surface area contributed by atoms with Crippen molar-refractivity contribution in [3.8, 4) is 0 Å². The average Bonchev–Trinajstić information content (AvgIpc) is 2.18. The van der Waals surface area contributed by atoms with E-state index in [9.17, 15) is 0 Å². The summed E-state index contributed by atoms with van der Waals surface area (Å²) in [6.45, 7) is 16.7. The Balaban J connectivity index is 4.09. The van der Waals surface area contributed by atoms with E-state index in [0.29, 0.717) is 0 Å². The van der Waals surface area contributed by atoms with Crippen LogP contribution in [-0.4, -0.2) is 28.1 Å². The smallest absolute Gasteiger partial charge is 0.278 e. The lowest BCUT2D eigenvalue weighted by molar-refractivity contribution is 0.331. The van der Waals surface area contributed by atoms with Gasteiger partial charge in [-0.3, -0.25) is 0 Å². The van der Waals surface area contributed by atoms with Gasteiger partial charge in [0.25, 0.3) is 16.6 Å². The normalized spacial score (nSPS) is 14.7. The number of oxime groups is 2. The van der Waals surface area contributed by atoms with E-state index in [0.717, 1.165) is 24.3 Å². The summed E-state index contributed by atoms with van der Waals surface area (Å²) in [6, 6.07) is 0. The van der Waals surface area contributed by atoms with Crippen LogP contribution in [0.15, 0.2) is 10.3 Å². The lowest BCUT2D eigenvalue weighted by Gasteiger charge is -2.14. The monoisotopic (exact) mass is 288 g/mol. The first-order valence-electron chi connectivity index (χ1n) is 6.43.